The number of carbonyl (C=O) groups is 2. The summed E-state index contributed by atoms with van der Waals surface area (Å²) in [4.78, 5) is 29.2. The first kappa shape index (κ1) is 14.5. The van der Waals surface area contributed by atoms with Gasteiger partial charge in [-0.3, -0.25) is 9.59 Å². The van der Waals surface area contributed by atoms with Gasteiger partial charge in [0.15, 0.2) is 0 Å². The second-order valence-electron chi connectivity index (χ2n) is 5.04. The highest BCUT2D eigenvalue weighted by Crippen LogP contribution is 2.11. The van der Waals surface area contributed by atoms with Gasteiger partial charge in [-0.1, -0.05) is 0 Å². The Morgan fingerprint density at radius 2 is 2.15 bits per heavy atom. The van der Waals surface area contributed by atoms with Crippen LogP contribution in [0.1, 0.15) is 30.3 Å². The van der Waals surface area contributed by atoms with E-state index in [1.807, 2.05) is 0 Å². The van der Waals surface area contributed by atoms with Crippen molar-refractivity contribution in [3.05, 3.63) is 18.2 Å². The topological polar surface area (TPSA) is 93.2 Å². The maximum atomic E-state index is 12.0. The third kappa shape index (κ3) is 3.57. The molecule has 2 heterocycles. The predicted molar refractivity (Wildman–Crippen MR) is 74.0 cm³/mol. The highest BCUT2D eigenvalue weighted by molar-refractivity contribution is 5.92. The van der Waals surface area contributed by atoms with Crippen LogP contribution in [0.2, 0.25) is 0 Å². The number of amides is 2. The number of carbonyl (C=O) groups excluding carboxylic acids is 2. The molecule has 2 rings (SSSR count). The number of imidazole rings is 1. The van der Waals surface area contributed by atoms with Crippen molar-refractivity contribution in [2.45, 2.75) is 32.4 Å². The summed E-state index contributed by atoms with van der Waals surface area (Å²) >= 11 is 0. The lowest BCUT2D eigenvalue weighted by atomic mass is 10.0. The number of piperidine rings is 1. The first-order valence-electron chi connectivity index (χ1n) is 6.88. The van der Waals surface area contributed by atoms with Gasteiger partial charge in [0.05, 0.1) is 6.33 Å². The summed E-state index contributed by atoms with van der Waals surface area (Å²) in [6, 6.07) is 0.109. The Bertz CT molecular complexity index is 477. The molecule has 1 aromatic rings. The third-order valence-corrected chi connectivity index (χ3v) is 3.53. The van der Waals surface area contributed by atoms with Gasteiger partial charge in [0.1, 0.15) is 5.69 Å². The molecular weight excluding hydrogens is 258 g/mol. The first-order valence-corrected chi connectivity index (χ1v) is 6.88. The molecule has 3 N–H and O–H groups in total. The molecule has 110 valence electrons. The standard InChI is InChI=1S/C13H21N5O2/c1-10(19)18-5-2-11(3-6-18)16-13(20)12-8-17(7-4-14)9-15-12/h8-9,11H,2-7,14H2,1H3,(H,16,20). The van der Waals surface area contributed by atoms with Crippen molar-refractivity contribution in [1.82, 2.24) is 19.8 Å². The molecule has 2 amide bonds. The Morgan fingerprint density at radius 3 is 2.75 bits per heavy atom. The highest BCUT2D eigenvalue weighted by atomic mass is 16.2. The normalized spacial score (nSPS) is 16.2. The van der Waals surface area contributed by atoms with Gasteiger partial charge in [-0.15, -0.1) is 0 Å². The largest absolute Gasteiger partial charge is 0.348 e. The molecule has 0 radical (unpaired) electrons. The van der Waals surface area contributed by atoms with E-state index in [4.69, 9.17) is 5.73 Å². The fourth-order valence-electron chi connectivity index (χ4n) is 2.35. The Balaban J connectivity index is 1.84. The number of hydrogen-bond donors (Lipinski definition) is 2. The summed E-state index contributed by atoms with van der Waals surface area (Å²) in [6.45, 7) is 4.13. The van der Waals surface area contributed by atoms with Crippen LogP contribution in [0.25, 0.3) is 0 Å². The van der Waals surface area contributed by atoms with Crippen molar-refractivity contribution >= 4 is 11.8 Å². The number of hydrogen-bond acceptors (Lipinski definition) is 4. The Labute approximate surface area is 118 Å². The summed E-state index contributed by atoms with van der Waals surface area (Å²) in [5.41, 5.74) is 5.86. The molecule has 1 aliphatic heterocycles. The average molecular weight is 279 g/mol. The molecule has 0 aromatic carbocycles. The molecular formula is C13H21N5O2. The molecule has 1 aliphatic rings. The summed E-state index contributed by atoms with van der Waals surface area (Å²) < 4.78 is 1.80. The zero-order valence-corrected chi connectivity index (χ0v) is 11.7. The average Bonchev–Trinajstić information content (AvgIpc) is 2.88. The quantitative estimate of drug-likeness (QED) is 0.783. The number of nitrogens with one attached hydrogen (secondary N) is 1. The van der Waals surface area contributed by atoms with Crippen molar-refractivity contribution < 1.29 is 9.59 Å². The molecule has 1 fully saturated rings. The molecule has 0 spiro atoms. The monoisotopic (exact) mass is 279 g/mol. The van der Waals surface area contributed by atoms with Crippen LogP contribution in [0, 0.1) is 0 Å². The van der Waals surface area contributed by atoms with Gasteiger partial charge in [-0.05, 0) is 12.8 Å². The van der Waals surface area contributed by atoms with E-state index in [1.165, 1.54) is 0 Å². The van der Waals surface area contributed by atoms with E-state index >= 15 is 0 Å². The number of rotatable bonds is 4. The number of aromatic nitrogens is 2. The van der Waals surface area contributed by atoms with Crippen molar-refractivity contribution in [3.63, 3.8) is 0 Å². The van der Waals surface area contributed by atoms with E-state index in [0.717, 1.165) is 12.8 Å². The van der Waals surface area contributed by atoms with E-state index in [0.29, 0.717) is 31.9 Å². The Morgan fingerprint density at radius 1 is 1.45 bits per heavy atom. The Kier molecular flexibility index (Phi) is 4.73. The van der Waals surface area contributed by atoms with Crippen molar-refractivity contribution in [2.24, 2.45) is 5.73 Å². The molecule has 0 aliphatic carbocycles. The zero-order chi connectivity index (χ0) is 14.5. The van der Waals surface area contributed by atoms with Gasteiger partial charge in [-0.2, -0.15) is 0 Å². The van der Waals surface area contributed by atoms with E-state index in [1.54, 1.807) is 28.9 Å². The minimum absolute atomic E-state index is 0.0929. The molecule has 0 saturated carbocycles. The van der Waals surface area contributed by atoms with Crippen LogP contribution in [0.4, 0.5) is 0 Å². The molecule has 0 bridgehead atoms. The van der Waals surface area contributed by atoms with E-state index in [9.17, 15) is 9.59 Å². The van der Waals surface area contributed by atoms with Gasteiger partial charge in [-0.25, -0.2) is 4.98 Å². The van der Waals surface area contributed by atoms with Crippen LogP contribution in [0.3, 0.4) is 0 Å². The van der Waals surface area contributed by atoms with E-state index in [2.05, 4.69) is 10.3 Å². The van der Waals surface area contributed by atoms with Crippen molar-refractivity contribution in [1.29, 1.82) is 0 Å². The van der Waals surface area contributed by atoms with Crippen molar-refractivity contribution in [3.8, 4) is 0 Å². The van der Waals surface area contributed by atoms with Gasteiger partial charge < -0.3 is 20.5 Å². The van der Waals surface area contributed by atoms with Crippen LogP contribution in [0.5, 0.6) is 0 Å². The molecule has 0 unspecified atom stereocenters. The first-order chi connectivity index (χ1) is 9.60. The van der Waals surface area contributed by atoms with Crippen LogP contribution in [0.15, 0.2) is 12.5 Å². The smallest absolute Gasteiger partial charge is 0.271 e. The van der Waals surface area contributed by atoms with Crippen LogP contribution in [-0.4, -0.2) is 51.9 Å². The number of nitrogens with zero attached hydrogens (tertiary/aromatic N) is 3. The minimum atomic E-state index is -0.165. The number of nitrogens with two attached hydrogens (primary N) is 1. The lowest BCUT2D eigenvalue weighted by Crippen LogP contribution is -2.46. The molecule has 7 nitrogen and oxygen atoms in total. The van der Waals surface area contributed by atoms with Crippen molar-refractivity contribution in [2.75, 3.05) is 19.6 Å². The number of likely N-dealkylation sites (tertiary alicyclic amines) is 1. The molecule has 1 aromatic heterocycles. The maximum Gasteiger partial charge on any atom is 0.271 e. The van der Waals surface area contributed by atoms with Crippen LogP contribution < -0.4 is 11.1 Å². The van der Waals surface area contributed by atoms with Crippen LogP contribution >= 0.6 is 0 Å². The minimum Gasteiger partial charge on any atom is -0.348 e. The maximum absolute atomic E-state index is 12.0. The van der Waals surface area contributed by atoms with Gasteiger partial charge in [0, 0.05) is 45.3 Å². The molecule has 7 heteroatoms. The predicted octanol–water partition coefficient (Wildman–Crippen LogP) is -0.417. The summed E-state index contributed by atoms with van der Waals surface area (Å²) in [5, 5.41) is 2.97. The third-order valence-electron chi connectivity index (χ3n) is 3.53. The second-order valence-corrected chi connectivity index (χ2v) is 5.04. The molecule has 1 saturated heterocycles. The SMILES string of the molecule is CC(=O)N1CCC(NC(=O)c2cn(CCN)cn2)CC1. The second kappa shape index (κ2) is 6.51. The summed E-state index contributed by atoms with van der Waals surface area (Å²) in [6.07, 6.45) is 4.89. The van der Waals surface area contributed by atoms with E-state index < -0.39 is 0 Å². The zero-order valence-electron chi connectivity index (χ0n) is 11.7. The lowest BCUT2D eigenvalue weighted by Gasteiger charge is -2.31. The lowest BCUT2D eigenvalue weighted by molar-refractivity contribution is -0.129. The van der Waals surface area contributed by atoms with Gasteiger partial charge in [0.2, 0.25) is 5.91 Å². The Hall–Kier alpha value is -1.89. The molecule has 20 heavy (non-hydrogen) atoms. The fourth-order valence-corrected chi connectivity index (χ4v) is 2.35. The van der Waals surface area contributed by atoms with E-state index in [-0.39, 0.29) is 17.9 Å². The summed E-state index contributed by atoms with van der Waals surface area (Å²) in [7, 11) is 0. The van der Waals surface area contributed by atoms with Crippen LogP contribution in [-0.2, 0) is 11.3 Å². The fraction of sp³-hybridized carbons (Fsp3) is 0.615. The summed E-state index contributed by atoms with van der Waals surface area (Å²) in [5.74, 6) is -0.0719. The molecule has 0 atom stereocenters. The highest BCUT2D eigenvalue weighted by Gasteiger charge is 2.22. The van der Waals surface area contributed by atoms with Gasteiger partial charge in [0.25, 0.3) is 5.91 Å². The van der Waals surface area contributed by atoms with Gasteiger partial charge >= 0.3 is 0 Å².